The minimum absolute atomic E-state index is 0.290. The van der Waals surface area contributed by atoms with E-state index in [4.69, 9.17) is 0 Å². The van der Waals surface area contributed by atoms with Crippen LogP contribution in [-0.2, 0) is 4.79 Å². The molecule has 0 N–H and O–H groups in total. The van der Waals surface area contributed by atoms with E-state index in [1.54, 1.807) is 0 Å². The summed E-state index contributed by atoms with van der Waals surface area (Å²) >= 11 is 3.71. The average molecular weight is 292 g/mol. The van der Waals surface area contributed by atoms with Crippen LogP contribution in [0.15, 0.2) is 30.3 Å². The maximum atomic E-state index is 12.5. The van der Waals surface area contributed by atoms with Crippen molar-refractivity contribution in [2.75, 3.05) is 5.75 Å². The van der Waals surface area contributed by atoms with E-state index in [9.17, 15) is 4.79 Å². The van der Waals surface area contributed by atoms with Crippen LogP contribution in [0.5, 0.6) is 0 Å². The number of rotatable bonds is 2. The topological polar surface area (TPSA) is 20.1 Å². The molecule has 2 nitrogen and oxygen atoms in total. The summed E-state index contributed by atoms with van der Waals surface area (Å²) in [6.07, 6.45) is 0.627. The van der Waals surface area contributed by atoms with Gasteiger partial charge in [0, 0.05) is 5.92 Å². The number of hydrogen-bond acceptors (Lipinski definition) is 3. The fraction of sp³-hybridized carbons (Fsp3) is 0.467. The van der Waals surface area contributed by atoms with Crippen molar-refractivity contribution in [3.8, 4) is 0 Å². The van der Waals surface area contributed by atoms with E-state index in [-0.39, 0.29) is 0 Å². The molecule has 0 aromatic heterocycles. The molecule has 0 spiro atoms. The van der Waals surface area contributed by atoms with Gasteiger partial charge in [-0.15, -0.1) is 4.58 Å². The molecule has 2 aliphatic rings. The average Bonchev–Trinajstić information content (AvgIpc) is 2.84. The second-order valence-electron chi connectivity index (χ2n) is 5.37. The normalized spacial score (nSPS) is 27.0. The van der Waals surface area contributed by atoms with E-state index in [1.807, 2.05) is 29.6 Å². The van der Waals surface area contributed by atoms with Crippen molar-refractivity contribution in [3.05, 3.63) is 35.9 Å². The van der Waals surface area contributed by atoms with Crippen molar-refractivity contribution < 1.29 is 9.37 Å². The molecule has 2 heterocycles. The molecule has 2 atom stereocenters. The fourth-order valence-corrected chi connectivity index (χ4v) is 5.74. The van der Waals surface area contributed by atoms with E-state index in [0.717, 1.165) is 5.75 Å². The summed E-state index contributed by atoms with van der Waals surface area (Å²) in [5.74, 6) is 1.88. The second kappa shape index (κ2) is 5.33. The Morgan fingerprint density at radius 2 is 2.00 bits per heavy atom. The molecule has 0 saturated carbocycles. The number of carbonyl (C=O) groups is 1. The first-order chi connectivity index (χ1) is 9.16. The standard InChI is InChI=1S/C15H18NOS2/c1-10(2)12-9-18-15-16(12)14(17)8-13(19-15)11-6-4-3-5-7-11/h3-7,10,12-13H,8-9H2,1-2H3/q+1/t12-,13-/m1/s1. The molecule has 1 aromatic rings. The smallest absolute Gasteiger partial charge is 0.220 e. The van der Waals surface area contributed by atoms with Crippen molar-refractivity contribution in [1.82, 2.24) is 0 Å². The van der Waals surface area contributed by atoms with Crippen molar-refractivity contribution in [3.63, 3.8) is 0 Å². The van der Waals surface area contributed by atoms with E-state index >= 15 is 0 Å². The molecule has 2 aliphatic heterocycles. The minimum atomic E-state index is 0.290. The lowest BCUT2D eigenvalue weighted by atomic mass is 10.0. The van der Waals surface area contributed by atoms with Gasteiger partial charge < -0.3 is 0 Å². The highest BCUT2D eigenvalue weighted by Crippen LogP contribution is 2.43. The van der Waals surface area contributed by atoms with Crippen LogP contribution in [0.1, 0.15) is 31.1 Å². The van der Waals surface area contributed by atoms with Crippen LogP contribution in [0.25, 0.3) is 0 Å². The van der Waals surface area contributed by atoms with Gasteiger partial charge in [0.1, 0.15) is 0 Å². The Bertz CT molecular complexity index is 524. The van der Waals surface area contributed by atoms with Crippen LogP contribution in [0.2, 0.25) is 0 Å². The summed E-state index contributed by atoms with van der Waals surface area (Å²) < 4.78 is 3.27. The van der Waals surface area contributed by atoms with Crippen LogP contribution < -0.4 is 0 Å². The molecular formula is C15H18NOS2+. The Morgan fingerprint density at radius 3 is 2.68 bits per heavy atom. The van der Waals surface area contributed by atoms with Gasteiger partial charge in [0.25, 0.3) is 4.38 Å². The van der Waals surface area contributed by atoms with Crippen molar-refractivity contribution in [2.24, 2.45) is 5.92 Å². The molecule has 0 unspecified atom stereocenters. The molecule has 1 aromatic carbocycles. The minimum Gasteiger partial charge on any atom is -0.220 e. The van der Waals surface area contributed by atoms with Gasteiger partial charge in [-0.3, -0.25) is 0 Å². The maximum Gasteiger partial charge on any atom is 0.390 e. The van der Waals surface area contributed by atoms with Crippen molar-refractivity contribution >= 4 is 33.8 Å². The highest BCUT2D eigenvalue weighted by Gasteiger charge is 2.46. The SMILES string of the molecule is CC(C)[C@H]1CSC2=[N+]1C(=O)C[C@H](c1ccccc1)S2. The molecule has 19 heavy (non-hydrogen) atoms. The first kappa shape index (κ1) is 13.3. The van der Waals surface area contributed by atoms with Gasteiger partial charge in [0.05, 0.1) is 17.4 Å². The van der Waals surface area contributed by atoms with E-state index in [2.05, 4.69) is 42.7 Å². The largest absolute Gasteiger partial charge is 0.390 e. The monoisotopic (exact) mass is 292 g/mol. The molecular weight excluding hydrogens is 274 g/mol. The Labute approximate surface area is 122 Å². The third-order valence-electron chi connectivity index (χ3n) is 3.72. The first-order valence-corrected chi connectivity index (χ1v) is 8.56. The number of thioether (sulfide) groups is 2. The maximum absolute atomic E-state index is 12.5. The zero-order valence-electron chi connectivity index (χ0n) is 11.2. The van der Waals surface area contributed by atoms with Gasteiger partial charge in [-0.2, -0.15) is 0 Å². The summed E-state index contributed by atoms with van der Waals surface area (Å²) in [5, 5.41) is 0.290. The van der Waals surface area contributed by atoms with Crippen LogP contribution in [-0.4, -0.2) is 26.7 Å². The molecule has 0 bridgehead atoms. The van der Waals surface area contributed by atoms with Gasteiger partial charge in [-0.05, 0) is 29.1 Å². The molecule has 3 rings (SSSR count). The molecule has 4 heteroatoms. The number of nitrogens with zero attached hydrogens (tertiary/aromatic N) is 1. The highest BCUT2D eigenvalue weighted by molar-refractivity contribution is 8.38. The van der Waals surface area contributed by atoms with Gasteiger partial charge in [-0.1, -0.05) is 44.2 Å². The van der Waals surface area contributed by atoms with Gasteiger partial charge in [0.2, 0.25) is 0 Å². The fourth-order valence-electron chi connectivity index (χ4n) is 2.58. The van der Waals surface area contributed by atoms with Gasteiger partial charge in [-0.25, -0.2) is 4.79 Å². The summed E-state index contributed by atoms with van der Waals surface area (Å²) in [4.78, 5) is 12.5. The lowest BCUT2D eigenvalue weighted by Crippen LogP contribution is -2.38. The highest BCUT2D eigenvalue weighted by atomic mass is 32.2. The number of hydrogen-bond donors (Lipinski definition) is 0. The molecule has 0 fully saturated rings. The van der Waals surface area contributed by atoms with E-state index < -0.39 is 0 Å². The van der Waals surface area contributed by atoms with Crippen molar-refractivity contribution in [1.29, 1.82) is 0 Å². The van der Waals surface area contributed by atoms with E-state index in [1.165, 1.54) is 9.94 Å². The number of carbonyl (C=O) groups excluding carboxylic acids is 1. The number of amides is 1. The van der Waals surface area contributed by atoms with Crippen LogP contribution in [0.3, 0.4) is 0 Å². The summed E-state index contributed by atoms with van der Waals surface area (Å²) in [5.41, 5.74) is 1.27. The quantitative estimate of drug-likeness (QED) is 0.778. The summed E-state index contributed by atoms with van der Waals surface area (Å²) in [7, 11) is 0. The Balaban J connectivity index is 1.88. The third-order valence-corrected chi connectivity index (χ3v) is 6.43. The van der Waals surface area contributed by atoms with Crippen LogP contribution in [0.4, 0.5) is 0 Å². The lowest BCUT2D eigenvalue weighted by molar-refractivity contribution is -0.484. The Morgan fingerprint density at radius 1 is 1.26 bits per heavy atom. The zero-order valence-corrected chi connectivity index (χ0v) is 12.8. The van der Waals surface area contributed by atoms with Crippen molar-refractivity contribution in [2.45, 2.75) is 31.6 Å². The summed E-state index contributed by atoms with van der Waals surface area (Å²) in [6, 6.07) is 10.8. The van der Waals surface area contributed by atoms with Gasteiger partial charge in [0.15, 0.2) is 6.04 Å². The lowest BCUT2D eigenvalue weighted by Gasteiger charge is -2.20. The third kappa shape index (κ3) is 2.48. The number of benzene rings is 1. The zero-order chi connectivity index (χ0) is 13.4. The molecule has 0 saturated heterocycles. The van der Waals surface area contributed by atoms with Crippen LogP contribution in [0, 0.1) is 5.92 Å². The summed E-state index contributed by atoms with van der Waals surface area (Å²) in [6.45, 7) is 4.41. The van der Waals surface area contributed by atoms with Gasteiger partial charge >= 0.3 is 5.91 Å². The Hall–Kier alpha value is -0.740. The molecule has 1 amide bonds. The van der Waals surface area contributed by atoms with E-state index in [0.29, 0.717) is 29.5 Å². The van der Waals surface area contributed by atoms with Crippen LogP contribution >= 0.6 is 23.5 Å². The predicted molar refractivity (Wildman–Crippen MR) is 82.7 cm³/mol. The molecule has 100 valence electrons. The first-order valence-electron chi connectivity index (χ1n) is 6.70. The predicted octanol–water partition coefficient (Wildman–Crippen LogP) is 3.53. The Kier molecular flexibility index (Phi) is 3.72. The second-order valence-corrected chi connectivity index (χ2v) is 7.83. The molecule has 0 aliphatic carbocycles. The molecule has 0 radical (unpaired) electrons.